The summed E-state index contributed by atoms with van der Waals surface area (Å²) in [5, 5.41) is 0. The van der Waals surface area contributed by atoms with Crippen LogP contribution in [0.25, 0.3) is 0 Å². The van der Waals surface area contributed by atoms with E-state index in [1.165, 1.54) is 0 Å². The van der Waals surface area contributed by atoms with Crippen LogP contribution in [-0.4, -0.2) is 11.8 Å². The molecule has 3 nitrogen and oxygen atoms in total. The largest absolute Gasteiger partial charge is 0.423 e. The molecular formula is C18H18O3. The Morgan fingerprint density at radius 1 is 0.905 bits per heavy atom. The van der Waals surface area contributed by atoms with Crippen LogP contribution in [0.5, 0.6) is 5.75 Å². The molecule has 2 rings (SSSR count). The van der Waals surface area contributed by atoms with Crippen molar-refractivity contribution < 1.29 is 14.3 Å². The Kier molecular flexibility index (Phi) is 6.61. The standard InChI is InChI=1S/C16H12O3.C2H6/c1-2-15(17)19-14-10-8-13(9-11-14)16(18)12-6-4-3-5-7-12;1-2/h2-11H,1H2;1-2H3. The van der Waals surface area contributed by atoms with Gasteiger partial charge in [-0.2, -0.15) is 0 Å². The molecule has 108 valence electrons. The normalized spacial score (nSPS) is 9.05. The molecule has 2 aromatic carbocycles. The van der Waals surface area contributed by atoms with Gasteiger partial charge in [-0.25, -0.2) is 4.79 Å². The van der Waals surface area contributed by atoms with Gasteiger partial charge < -0.3 is 4.74 Å². The lowest BCUT2D eigenvalue weighted by Crippen LogP contribution is -2.04. The van der Waals surface area contributed by atoms with E-state index < -0.39 is 5.97 Å². The highest BCUT2D eigenvalue weighted by Crippen LogP contribution is 2.15. The van der Waals surface area contributed by atoms with E-state index in [1.807, 2.05) is 32.0 Å². The fraction of sp³-hybridized carbons (Fsp3) is 0.111. The molecule has 0 heterocycles. The molecule has 0 aliphatic carbocycles. The summed E-state index contributed by atoms with van der Waals surface area (Å²) < 4.78 is 4.94. The molecule has 0 fully saturated rings. The first kappa shape index (κ1) is 16.4. The van der Waals surface area contributed by atoms with Crippen molar-refractivity contribution in [3.05, 3.63) is 78.4 Å². The van der Waals surface area contributed by atoms with Crippen LogP contribution in [0.15, 0.2) is 67.3 Å². The summed E-state index contributed by atoms with van der Waals surface area (Å²) in [5.41, 5.74) is 1.17. The number of esters is 1. The molecule has 21 heavy (non-hydrogen) atoms. The number of benzene rings is 2. The lowest BCUT2D eigenvalue weighted by Gasteiger charge is -2.03. The lowest BCUT2D eigenvalue weighted by molar-refractivity contribution is -0.128. The van der Waals surface area contributed by atoms with Gasteiger partial charge in [-0.3, -0.25) is 4.79 Å². The summed E-state index contributed by atoms with van der Waals surface area (Å²) >= 11 is 0. The highest BCUT2D eigenvalue weighted by Gasteiger charge is 2.08. The maximum Gasteiger partial charge on any atom is 0.335 e. The Labute approximate surface area is 124 Å². The fourth-order valence-electron chi connectivity index (χ4n) is 1.59. The summed E-state index contributed by atoms with van der Waals surface area (Å²) in [5.74, 6) is -0.209. The monoisotopic (exact) mass is 282 g/mol. The first-order valence-corrected chi connectivity index (χ1v) is 6.75. The summed E-state index contributed by atoms with van der Waals surface area (Å²) in [4.78, 5) is 23.1. The van der Waals surface area contributed by atoms with Crippen LogP contribution < -0.4 is 4.74 Å². The summed E-state index contributed by atoms with van der Waals surface area (Å²) in [6, 6.07) is 15.4. The van der Waals surface area contributed by atoms with Gasteiger partial charge in [0.1, 0.15) is 5.75 Å². The van der Waals surface area contributed by atoms with Crippen molar-refractivity contribution in [2.24, 2.45) is 0 Å². The van der Waals surface area contributed by atoms with Gasteiger partial charge in [-0.15, -0.1) is 0 Å². The van der Waals surface area contributed by atoms with Gasteiger partial charge in [-0.05, 0) is 24.3 Å². The van der Waals surface area contributed by atoms with Gasteiger partial charge >= 0.3 is 5.97 Å². The average Bonchev–Trinajstić information content (AvgIpc) is 2.57. The highest BCUT2D eigenvalue weighted by atomic mass is 16.5. The SMILES string of the molecule is C=CC(=O)Oc1ccc(C(=O)c2ccccc2)cc1.CC. The molecule has 0 amide bonds. The predicted octanol–water partition coefficient (Wildman–Crippen LogP) is 4.04. The summed E-state index contributed by atoms with van der Waals surface area (Å²) in [7, 11) is 0. The molecule has 2 aromatic rings. The van der Waals surface area contributed by atoms with Crippen LogP contribution >= 0.6 is 0 Å². The third-order valence-electron chi connectivity index (χ3n) is 2.54. The van der Waals surface area contributed by atoms with E-state index in [2.05, 4.69) is 6.58 Å². The molecule has 0 radical (unpaired) electrons. The number of rotatable bonds is 4. The Morgan fingerprint density at radius 3 is 1.95 bits per heavy atom. The molecule has 0 aliphatic rings. The van der Waals surface area contributed by atoms with E-state index in [0.717, 1.165) is 6.08 Å². The lowest BCUT2D eigenvalue weighted by atomic mass is 10.0. The smallest absolute Gasteiger partial charge is 0.335 e. The van der Waals surface area contributed by atoms with Gasteiger partial charge in [0.05, 0.1) is 0 Å². The van der Waals surface area contributed by atoms with Crippen molar-refractivity contribution in [3.8, 4) is 5.75 Å². The molecule has 3 heteroatoms. The molecule has 0 N–H and O–H groups in total. The molecule has 0 saturated carbocycles. The quantitative estimate of drug-likeness (QED) is 0.368. The van der Waals surface area contributed by atoms with Crippen LogP contribution in [-0.2, 0) is 4.79 Å². The van der Waals surface area contributed by atoms with Crippen LogP contribution in [0.1, 0.15) is 29.8 Å². The van der Waals surface area contributed by atoms with Gasteiger partial charge in [0.2, 0.25) is 0 Å². The predicted molar refractivity (Wildman–Crippen MR) is 83.5 cm³/mol. The number of carbonyl (C=O) groups excluding carboxylic acids is 2. The Bertz CT molecular complexity index is 598. The van der Waals surface area contributed by atoms with Crippen LogP contribution in [0.2, 0.25) is 0 Å². The minimum Gasteiger partial charge on any atom is -0.423 e. The first-order valence-electron chi connectivity index (χ1n) is 6.75. The maximum atomic E-state index is 12.1. The van der Waals surface area contributed by atoms with Crippen LogP contribution in [0.4, 0.5) is 0 Å². The number of hydrogen-bond donors (Lipinski definition) is 0. The first-order chi connectivity index (χ1) is 10.2. The van der Waals surface area contributed by atoms with Gasteiger partial charge in [0, 0.05) is 17.2 Å². The van der Waals surface area contributed by atoms with Gasteiger partial charge in [0.15, 0.2) is 5.78 Å². The Morgan fingerprint density at radius 2 is 1.43 bits per heavy atom. The molecule has 0 atom stereocenters. The Balaban J connectivity index is 0.00000106. The van der Waals surface area contributed by atoms with Crippen molar-refractivity contribution in [1.82, 2.24) is 0 Å². The zero-order chi connectivity index (χ0) is 15.7. The maximum absolute atomic E-state index is 12.1. The number of ether oxygens (including phenoxy) is 1. The molecule has 0 unspecified atom stereocenters. The molecule has 0 bridgehead atoms. The fourth-order valence-corrected chi connectivity index (χ4v) is 1.59. The van der Waals surface area contributed by atoms with E-state index in [1.54, 1.807) is 36.4 Å². The molecule has 0 aromatic heterocycles. The molecule has 0 aliphatic heterocycles. The van der Waals surface area contributed by atoms with Crippen molar-refractivity contribution in [2.45, 2.75) is 13.8 Å². The molecule has 0 saturated heterocycles. The third-order valence-corrected chi connectivity index (χ3v) is 2.54. The van der Waals surface area contributed by atoms with E-state index in [4.69, 9.17) is 4.74 Å². The summed E-state index contributed by atoms with van der Waals surface area (Å²) in [6.45, 7) is 7.31. The third kappa shape index (κ3) is 4.73. The van der Waals surface area contributed by atoms with Crippen LogP contribution in [0, 0.1) is 0 Å². The zero-order valence-corrected chi connectivity index (χ0v) is 12.2. The van der Waals surface area contributed by atoms with Crippen molar-refractivity contribution >= 4 is 11.8 Å². The van der Waals surface area contributed by atoms with E-state index >= 15 is 0 Å². The average molecular weight is 282 g/mol. The molecular weight excluding hydrogens is 264 g/mol. The minimum atomic E-state index is -0.526. The number of carbonyl (C=O) groups is 2. The van der Waals surface area contributed by atoms with Gasteiger partial charge in [-0.1, -0.05) is 50.8 Å². The van der Waals surface area contributed by atoms with Crippen molar-refractivity contribution in [1.29, 1.82) is 0 Å². The second kappa shape index (κ2) is 8.48. The second-order valence-electron chi connectivity index (χ2n) is 3.84. The highest BCUT2D eigenvalue weighted by molar-refractivity contribution is 6.09. The minimum absolute atomic E-state index is 0.0674. The van der Waals surface area contributed by atoms with E-state index in [0.29, 0.717) is 16.9 Å². The zero-order valence-electron chi connectivity index (χ0n) is 12.2. The summed E-state index contributed by atoms with van der Waals surface area (Å²) in [6.07, 6.45) is 1.09. The molecule has 0 spiro atoms. The topological polar surface area (TPSA) is 43.4 Å². The van der Waals surface area contributed by atoms with E-state index in [9.17, 15) is 9.59 Å². The number of hydrogen-bond acceptors (Lipinski definition) is 3. The number of ketones is 1. The second-order valence-corrected chi connectivity index (χ2v) is 3.84. The van der Waals surface area contributed by atoms with E-state index in [-0.39, 0.29) is 5.78 Å². The van der Waals surface area contributed by atoms with Crippen LogP contribution in [0.3, 0.4) is 0 Å². The van der Waals surface area contributed by atoms with Gasteiger partial charge in [0.25, 0.3) is 0 Å². The Hall–Kier alpha value is -2.68. The van der Waals surface area contributed by atoms with Crippen molar-refractivity contribution in [2.75, 3.05) is 0 Å². The van der Waals surface area contributed by atoms with Crippen molar-refractivity contribution in [3.63, 3.8) is 0 Å².